The van der Waals surface area contributed by atoms with Crippen molar-refractivity contribution in [3.8, 4) is 0 Å². The molecule has 0 radical (unpaired) electrons. The van der Waals surface area contributed by atoms with Gasteiger partial charge in [-0.2, -0.15) is 5.10 Å². The van der Waals surface area contributed by atoms with Crippen molar-refractivity contribution >= 4 is 5.97 Å². The van der Waals surface area contributed by atoms with Gasteiger partial charge in [0.15, 0.2) is 0 Å². The smallest absolute Gasteiger partial charge is 0.310 e. The van der Waals surface area contributed by atoms with Gasteiger partial charge in [-0.3, -0.25) is 9.48 Å². The number of rotatable bonds is 5. The van der Waals surface area contributed by atoms with Gasteiger partial charge in [0.1, 0.15) is 0 Å². The van der Waals surface area contributed by atoms with Crippen LogP contribution in [0.3, 0.4) is 0 Å². The van der Waals surface area contributed by atoms with E-state index in [1.165, 1.54) is 7.11 Å². The fraction of sp³-hybridized carbons (Fsp3) is 0.600. The molecule has 2 N–H and O–H groups in total. The summed E-state index contributed by atoms with van der Waals surface area (Å²) in [6.07, 6.45) is 4.50. The minimum absolute atomic E-state index is 0.180. The Balaban J connectivity index is 2.53. The number of nitrogens with two attached hydrogens (primary N) is 1. The zero-order valence-corrected chi connectivity index (χ0v) is 9.14. The van der Waals surface area contributed by atoms with Crippen molar-refractivity contribution in [1.29, 1.82) is 0 Å². The average molecular weight is 211 g/mol. The molecule has 1 heterocycles. The van der Waals surface area contributed by atoms with E-state index in [-0.39, 0.29) is 11.9 Å². The van der Waals surface area contributed by atoms with Gasteiger partial charge >= 0.3 is 5.97 Å². The lowest BCUT2D eigenvalue weighted by Crippen LogP contribution is -2.19. The maximum atomic E-state index is 11.2. The fourth-order valence-electron chi connectivity index (χ4n) is 1.36. The summed E-state index contributed by atoms with van der Waals surface area (Å²) in [5.74, 6) is -0.397. The van der Waals surface area contributed by atoms with Gasteiger partial charge in [-0.15, -0.1) is 0 Å². The number of aromatic nitrogens is 2. The summed E-state index contributed by atoms with van der Waals surface area (Å²) in [5.41, 5.74) is 6.52. The molecule has 0 aromatic carbocycles. The number of ether oxygens (including phenoxy) is 1. The third-order valence-electron chi connectivity index (χ3n) is 2.18. The number of hydrogen-bond acceptors (Lipinski definition) is 4. The highest BCUT2D eigenvalue weighted by Crippen LogP contribution is 2.04. The number of carbonyl (C=O) groups excluding carboxylic acids is 1. The van der Waals surface area contributed by atoms with Gasteiger partial charge in [0.2, 0.25) is 0 Å². The van der Waals surface area contributed by atoms with Crippen LogP contribution < -0.4 is 5.73 Å². The van der Waals surface area contributed by atoms with Crippen molar-refractivity contribution in [3.05, 3.63) is 18.0 Å². The Labute approximate surface area is 89.2 Å². The lowest BCUT2D eigenvalue weighted by Gasteiger charge is -2.08. The molecule has 5 nitrogen and oxygen atoms in total. The minimum atomic E-state index is -0.217. The van der Waals surface area contributed by atoms with E-state index in [0.29, 0.717) is 13.1 Å². The second kappa shape index (κ2) is 5.50. The van der Waals surface area contributed by atoms with Crippen molar-refractivity contribution < 1.29 is 9.53 Å². The van der Waals surface area contributed by atoms with Gasteiger partial charge in [0, 0.05) is 6.20 Å². The Morgan fingerprint density at radius 2 is 2.47 bits per heavy atom. The molecule has 5 heteroatoms. The fourth-order valence-corrected chi connectivity index (χ4v) is 1.36. The third kappa shape index (κ3) is 3.36. The number of nitrogens with zero attached hydrogens (tertiary/aromatic N) is 2. The molecule has 0 saturated carbocycles. The van der Waals surface area contributed by atoms with E-state index in [4.69, 9.17) is 5.73 Å². The highest BCUT2D eigenvalue weighted by molar-refractivity contribution is 5.71. The molecule has 0 spiro atoms. The largest absolute Gasteiger partial charge is 0.469 e. The van der Waals surface area contributed by atoms with Gasteiger partial charge in [0.25, 0.3) is 0 Å². The number of carbonyl (C=O) groups is 1. The van der Waals surface area contributed by atoms with Gasteiger partial charge in [-0.1, -0.05) is 6.92 Å². The molecule has 0 bridgehead atoms. The topological polar surface area (TPSA) is 70.1 Å². The van der Waals surface area contributed by atoms with E-state index in [2.05, 4.69) is 9.84 Å². The van der Waals surface area contributed by atoms with Crippen LogP contribution in [0.2, 0.25) is 0 Å². The molecule has 0 saturated heterocycles. The molecule has 1 unspecified atom stereocenters. The van der Waals surface area contributed by atoms with E-state index >= 15 is 0 Å². The van der Waals surface area contributed by atoms with Crippen molar-refractivity contribution in [2.75, 3.05) is 13.7 Å². The molecular weight excluding hydrogens is 194 g/mol. The second-order valence-electron chi connectivity index (χ2n) is 3.53. The van der Waals surface area contributed by atoms with Crippen LogP contribution in [-0.2, 0) is 22.5 Å². The lowest BCUT2D eigenvalue weighted by molar-refractivity contribution is -0.145. The summed E-state index contributed by atoms with van der Waals surface area (Å²) in [4.78, 5) is 11.2. The van der Waals surface area contributed by atoms with E-state index in [0.717, 1.165) is 12.0 Å². The van der Waals surface area contributed by atoms with Crippen molar-refractivity contribution in [1.82, 2.24) is 9.78 Å². The Kier molecular flexibility index (Phi) is 4.30. The van der Waals surface area contributed by atoms with Crippen molar-refractivity contribution in [2.24, 2.45) is 11.7 Å². The van der Waals surface area contributed by atoms with Gasteiger partial charge in [0.05, 0.1) is 25.8 Å². The molecule has 1 aromatic rings. The average Bonchev–Trinajstić information content (AvgIpc) is 2.65. The highest BCUT2D eigenvalue weighted by Gasteiger charge is 2.13. The van der Waals surface area contributed by atoms with Crippen LogP contribution in [0, 0.1) is 5.92 Å². The number of esters is 1. The Morgan fingerprint density at radius 1 is 1.73 bits per heavy atom. The first kappa shape index (κ1) is 11.7. The van der Waals surface area contributed by atoms with E-state index in [1.807, 2.05) is 13.1 Å². The molecule has 1 rings (SSSR count). The highest BCUT2D eigenvalue weighted by atomic mass is 16.5. The molecular formula is C10H17N3O2. The van der Waals surface area contributed by atoms with Gasteiger partial charge in [-0.05, 0) is 18.5 Å². The van der Waals surface area contributed by atoms with Crippen LogP contribution in [0.1, 0.15) is 12.5 Å². The normalized spacial score (nSPS) is 12.5. The summed E-state index contributed by atoms with van der Waals surface area (Å²) >= 11 is 0. The SMILES string of the molecule is COC(=O)C(C)Cn1cc(CCN)cn1. The second-order valence-corrected chi connectivity index (χ2v) is 3.53. The van der Waals surface area contributed by atoms with Crippen LogP contribution in [0.5, 0.6) is 0 Å². The van der Waals surface area contributed by atoms with E-state index in [9.17, 15) is 4.79 Å². The number of methoxy groups -OCH3 is 1. The van der Waals surface area contributed by atoms with Crippen LogP contribution in [0.15, 0.2) is 12.4 Å². The molecule has 0 aliphatic heterocycles. The summed E-state index contributed by atoms with van der Waals surface area (Å²) in [6, 6.07) is 0. The van der Waals surface area contributed by atoms with Gasteiger partial charge in [-0.25, -0.2) is 0 Å². The molecule has 1 atom stereocenters. The third-order valence-corrected chi connectivity index (χ3v) is 2.18. The first-order valence-electron chi connectivity index (χ1n) is 4.96. The Morgan fingerprint density at radius 3 is 3.07 bits per heavy atom. The summed E-state index contributed by atoms with van der Waals surface area (Å²) in [5, 5.41) is 4.14. The standard InChI is InChI=1S/C10H17N3O2/c1-8(10(14)15-2)6-13-7-9(3-4-11)5-12-13/h5,7-8H,3-4,6,11H2,1-2H3. The van der Waals surface area contributed by atoms with Crippen LogP contribution in [0.4, 0.5) is 0 Å². The zero-order chi connectivity index (χ0) is 11.3. The maximum absolute atomic E-state index is 11.2. The minimum Gasteiger partial charge on any atom is -0.469 e. The molecule has 15 heavy (non-hydrogen) atoms. The van der Waals surface area contributed by atoms with E-state index < -0.39 is 0 Å². The lowest BCUT2D eigenvalue weighted by atomic mass is 10.2. The van der Waals surface area contributed by atoms with Crippen molar-refractivity contribution in [2.45, 2.75) is 19.9 Å². The van der Waals surface area contributed by atoms with Crippen LogP contribution in [0.25, 0.3) is 0 Å². The molecule has 1 aromatic heterocycles. The van der Waals surface area contributed by atoms with Crippen molar-refractivity contribution in [3.63, 3.8) is 0 Å². The zero-order valence-electron chi connectivity index (χ0n) is 9.14. The predicted molar refractivity (Wildman–Crippen MR) is 56.2 cm³/mol. The molecule has 84 valence electrons. The molecule has 0 aliphatic rings. The van der Waals surface area contributed by atoms with Crippen LogP contribution in [-0.4, -0.2) is 29.4 Å². The molecule has 0 amide bonds. The molecule has 0 fully saturated rings. The molecule has 0 aliphatic carbocycles. The summed E-state index contributed by atoms with van der Waals surface area (Å²) in [7, 11) is 1.39. The first-order chi connectivity index (χ1) is 7.17. The first-order valence-corrected chi connectivity index (χ1v) is 4.96. The monoisotopic (exact) mass is 211 g/mol. The maximum Gasteiger partial charge on any atom is 0.310 e. The predicted octanol–water partition coefficient (Wildman–Crippen LogP) is 0.193. The Bertz CT molecular complexity index is 322. The quantitative estimate of drug-likeness (QED) is 0.706. The summed E-state index contributed by atoms with van der Waals surface area (Å²) < 4.78 is 6.38. The Hall–Kier alpha value is -1.36. The summed E-state index contributed by atoms with van der Waals surface area (Å²) in [6.45, 7) is 2.96. The van der Waals surface area contributed by atoms with E-state index in [1.54, 1.807) is 10.9 Å². The van der Waals surface area contributed by atoms with Crippen LogP contribution >= 0.6 is 0 Å². The van der Waals surface area contributed by atoms with Gasteiger partial charge < -0.3 is 10.5 Å². The number of hydrogen-bond donors (Lipinski definition) is 1.